The van der Waals surface area contributed by atoms with Crippen LogP contribution in [0.2, 0.25) is 0 Å². The Hall–Kier alpha value is -3.58. The largest absolute Gasteiger partial charge is 0.497 e. The Morgan fingerprint density at radius 3 is 2.45 bits per heavy atom. The van der Waals surface area contributed by atoms with Crippen molar-refractivity contribution < 1.29 is 14.3 Å². The van der Waals surface area contributed by atoms with Crippen molar-refractivity contribution in [3.8, 4) is 5.75 Å². The van der Waals surface area contributed by atoms with Crippen LogP contribution in [-0.4, -0.2) is 29.3 Å². The number of ether oxygens (including phenoxy) is 1. The summed E-state index contributed by atoms with van der Waals surface area (Å²) in [4.78, 5) is 32.1. The topological polar surface area (TPSA) is 71.0 Å². The van der Waals surface area contributed by atoms with Crippen molar-refractivity contribution in [2.45, 2.75) is 11.7 Å². The van der Waals surface area contributed by atoms with Gasteiger partial charge in [-0.2, -0.15) is 0 Å². The molecule has 6 nitrogen and oxygen atoms in total. The van der Waals surface area contributed by atoms with Gasteiger partial charge in [-0.25, -0.2) is 4.99 Å². The summed E-state index contributed by atoms with van der Waals surface area (Å²) in [6.45, 7) is 0. The molecule has 1 saturated heterocycles. The Labute approximate surface area is 184 Å². The number of nitrogens with one attached hydrogen (secondary N) is 1. The third-order valence-corrected chi connectivity index (χ3v) is 5.79. The molecular formula is C24H21N3O3S. The molecule has 1 heterocycles. The molecule has 0 aromatic heterocycles. The van der Waals surface area contributed by atoms with Gasteiger partial charge in [-0.3, -0.25) is 14.5 Å². The van der Waals surface area contributed by atoms with E-state index in [0.29, 0.717) is 16.6 Å². The minimum atomic E-state index is -0.562. The van der Waals surface area contributed by atoms with Gasteiger partial charge in [0.15, 0.2) is 5.17 Å². The van der Waals surface area contributed by atoms with E-state index < -0.39 is 5.25 Å². The summed E-state index contributed by atoms with van der Waals surface area (Å²) in [5.74, 6) is 0.247. The van der Waals surface area contributed by atoms with Gasteiger partial charge in [0.25, 0.3) is 0 Å². The Balaban J connectivity index is 1.55. The van der Waals surface area contributed by atoms with Crippen molar-refractivity contribution in [3.05, 3.63) is 84.9 Å². The number of hydrogen-bond donors (Lipinski definition) is 1. The first kappa shape index (κ1) is 20.7. The number of methoxy groups -OCH3 is 1. The van der Waals surface area contributed by atoms with Gasteiger partial charge in [0.2, 0.25) is 11.8 Å². The molecule has 0 spiro atoms. The van der Waals surface area contributed by atoms with Crippen molar-refractivity contribution >= 4 is 45.8 Å². The summed E-state index contributed by atoms with van der Waals surface area (Å²) in [6, 6.07) is 25.9. The number of thioether (sulfide) groups is 1. The second-order valence-corrected chi connectivity index (χ2v) is 8.00. The molecule has 156 valence electrons. The number of nitrogens with zero attached hydrogens (tertiary/aromatic N) is 2. The van der Waals surface area contributed by atoms with Crippen LogP contribution in [-0.2, 0) is 9.59 Å². The summed E-state index contributed by atoms with van der Waals surface area (Å²) in [5, 5.41) is 2.84. The Morgan fingerprint density at radius 1 is 1.03 bits per heavy atom. The van der Waals surface area contributed by atoms with Gasteiger partial charge in [-0.05, 0) is 36.4 Å². The molecule has 1 unspecified atom stereocenters. The monoisotopic (exact) mass is 431 g/mol. The number of carbonyl (C=O) groups excluding carboxylic acids is 2. The molecule has 0 radical (unpaired) electrons. The molecule has 1 atom stereocenters. The number of carbonyl (C=O) groups is 2. The lowest BCUT2D eigenvalue weighted by Gasteiger charge is -2.16. The molecule has 3 aromatic rings. The summed E-state index contributed by atoms with van der Waals surface area (Å²) in [6.07, 6.45) is 0.0395. The summed E-state index contributed by atoms with van der Waals surface area (Å²) >= 11 is 1.30. The van der Waals surface area contributed by atoms with Gasteiger partial charge in [0, 0.05) is 18.2 Å². The van der Waals surface area contributed by atoms with Crippen LogP contribution >= 0.6 is 11.8 Å². The molecule has 3 aromatic carbocycles. The van der Waals surface area contributed by atoms with Crippen molar-refractivity contribution in [2.24, 2.45) is 4.99 Å². The van der Waals surface area contributed by atoms with E-state index in [1.807, 2.05) is 60.7 Å². The predicted molar refractivity (Wildman–Crippen MR) is 125 cm³/mol. The normalized spacial score (nSPS) is 17.1. The van der Waals surface area contributed by atoms with Gasteiger partial charge in [0.1, 0.15) is 11.0 Å². The summed E-state index contributed by atoms with van der Waals surface area (Å²) < 4.78 is 5.19. The summed E-state index contributed by atoms with van der Waals surface area (Å²) in [5.41, 5.74) is 2.10. The molecule has 1 aliphatic heterocycles. The summed E-state index contributed by atoms with van der Waals surface area (Å²) in [7, 11) is 1.57. The highest BCUT2D eigenvalue weighted by Gasteiger charge is 2.40. The molecule has 4 rings (SSSR count). The van der Waals surface area contributed by atoms with E-state index in [1.54, 1.807) is 36.3 Å². The number of benzene rings is 3. The quantitative estimate of drug-likeness (QED) is 0.605. The molecule has 31 heavy (non-hydrogen) atoms. The van der Waals surface area contributed by atoms with Gasteiger partial charge in [-0.1, -0.05) is 54.2 Å². The van der Waals surface area contributed by atoms with Gasteiger partial charge < -0.3 is 10.1 Å². The van der Waals surface area contributed by atoms with Crippen LogP contribution in [0.15, 0.2) is 89.9 Å². The molecule has 0 bridgehead atoms. The third-order valence-electron chi connectivity index (χ3n) is 4.65. The van der Waals surface area contributed by atoms with Crippen molar-refractivity contribution in [1.82, 2.24) is 0 Å². The first-order valence-electron chi connectivity index (χ1n) is 9.77. The molecule has 1 aliphatic rings. The van der Waals surface area contributed by atoms with E-state index in [9.17, 15) is 9.59 Å². The van der Waals surface area contributed by atoms with E-state index >= 15 is 0 Å². The molecule has 0 saturated carbocycles. The standard InChI is InChI=1S/C24H21N3O3S/c1-30-20-14-8-11-18(15-20)25-22(28)16-21-23(29)27(19-12-6-3-7-13-19)24(31-21)26-17-9-4-2-5-10-17/h2-15,21H,16H2,1H3,(H,25,28). The predicted octanol–water partition coefficient (Wildman–Crippen LogP) is 4.86. The lowest BCUT2D eigenvalue weighted by atomic mass is 10.2. The van der Waals surface area contributed by atoms with E-state index in [-0.39, 0.29) is 18.2 Å². The second kappa shape index (κ2) is 9.49. The molecule has 7 heteroatoms. The van der Waals surface area contributed by atoms with Gasteiger partial charge >= 0.3 is 0 Å². The zero-order valence-electron chi connectivity index (χ0n) is 16.9. The Kier molecular flexibility index (Phi) is 6.33. The lowest BCUT2D eigenvalue weighted by Crippen LogP contribution is -2.33. The number of anilines is 2. The smallest absolute Gasteiger partial charge is 0.247 e. The highest BCUT2D eigenvalue weighted by atomic mass is 32.2. The van der Waals surface area contributed by atoms with Gasteiger partial charge in [0.05, 0.1) is 18.5 Å². The fraction of sp³-hybridized carbons (Fsp3) is 0.125. The van der Waals surface area contributed by atoms with Crippen molar-refractivity contribution in [1.29, 1.82) is 0 Å². The maximum absolute atomic E-state index is 13.2. The van der Waals surface area contributed by atoms with Crippen molar-refractivity contribution in [3.63, 3.8) is 0 Å². The average molecular weight is 432 g/mol. The Bertz CT molecular complexity index is 1100. The third kappa shape index (κ3) is 4.95. The zero-order chi connectivity index (χ0) is 21.6. The lowest BCUT2D eigenvalue weighted by molar-refractivity contribution is -0.121. The zero-order valence-corrected chi connectivity index (χ0v) is 17.7. The Morgan fingerprint density at radius 2 is 1.74 bits per heavy atom. The fourth-order valence-electron chi connectivity index (χ4n) is 3.18. The minimum absolute atomic E-state index is 0.0395. The number of amides is 2. The highest BCUT2D eigenvalue weighted by molar-refractivity contribution is 8.16. The van der Waals surface area contributed by atoms with Crippen LogP contribution in [0.3, 0.4) is 0 Å². The maximum atomic E-state index is 13.2. The average Bonchev–Trinajstić information content (AvgIpc) is 3.09. The minimum Gasteiger partial charge on any atom is -0.497 e. The van der Waals surface area contributed by atoms with E-state index in [4.69, 9.17) is 4.74 Å². The van der Waals surface area contributed by atoms with Crippen LogP contribution in [0.25, 0.3) is 0 Å². The number of rotatable bonds is 6. The van der Waals surface area contributed by atoms with Crippen LogP contribution < -0.4 is 15.0 Å². The molecule has 0 aliphatic carbocycles. The number of hydrogen-bond acceptors (Lipinski definition) is 5. The fourth-order valence-corrected chi connectivity index (χ4v) is 4.34. The molecular weight excluding hydrogens is 410 g/mol. The highest BCUT2D eigenvalue weighted by Crippen LogP contribution is 2.35. The van der Waals surface area contributed by atoms with E-state index in [2.05, 4.69) is 10.3 Å². The molecule has 2 amide bonds. The van der Waals surface area contributed by atoms with Crippen LogP contribution in [0.1, 0.15) is 6.42 Å². The first-order valence-corrected chi connectivity index (χ1v) is 10.7. The van der Waals surface area contributed by atoms with Crippen LogP contribution in [0.4, 0.5) is 17.1 Å². The second-order valence-electron chi connectivity index (χ2n) is 6.83. The molecule has 1 fully saturated rings. The van der Waals surface area contributed by atoms with E-state index in [1.165, 1.54) is 11.8 Å². The van der Waals surface area contributed by atoms with E-state index in [0.717, 1.165) is 11.4 Å². The SMILES string of the molecule is COc1cccc(NC(=O)CC2SC(=Nc3ccccc3)N(c3ccccc3)C2=O)c1. The van der Waals surface area contributed by atoms with Crippen LogP contribution in [0.5, 0.6) is 5.75 Å². The number of amidine groups is 1. The molecule has 1 N–H and O–H groups in total. The number of para-hydroxylation sites is 2. The maximum Gasteiger partial charge on any atom is 0.247 e. The van der Waals surface area contributed by atoms with Gasteiger partial charge in [-0.15, -0.1) is 0 Å². The first-order chi connectivity index (χ1) is 15.1. The van der Waals surface area contributed by atoms with Crippen LogP contribution in [0, 0.1) is 0 Å². The number of aliphatic imine (C=N–C) groups is 1. The van der Waals surface area contributed by atoms with Crippen molar-refractivity contribution in [2.75, 3.05) is 17.3 Å².